The molecule has 0 aromatic heterocycles. The number of rotatable bonds is 6. The summed E-state index contributed by atoms with van der Waals surface area (Å²) in [6.45, 7) is 15.6. The predicted octanol–water partition coefficient (Wildman–Crippen LogP) is 5.66. The number of Topliss-reactive ketones (excluding diaryl/α,β-unsaturated/α-hetero) is 3. The Kier molecular flexibility index (Phi) is 16.1. The second-order valence-electron chi connectivity index (χ2n) is 18.9. The first kappa shape index (κ1) is 50.3. The Bertz CT molecular complexity index is 2200. The number of hydrazone groups is 1. The maximum Gasteiger partial charge on any atom is 0.312 e. The van der Waals surface area contributed by atoms with Crippen molar-refractivity contribution in [2.24, 2.45) is 28.8 Å². The highest BCUT2D eigenvalue weighted by atomic mass is 16.7. The topological polar surface area (TPSA) is 206 Å². The van der Waals surface area contributed by atoms with Crippen LogP contribution in [-0.2, 0) is 23.8 Å². The highest BCUT2D eigenvalue weighted by Gasteiger charge is 2.52. The lowest BCUT2D eigenvalue weighted by atomic mass is 9.78. The van der Waals surface area contributed by atoms with Crippen LogP contribution in [0.15, 0.2) is 52.5 Å². The number of esters is 1. The summed E-state index contributed by atoms with van der Waals surface area (Å²) >= 11 is 0. The second kappa shape index (κ2) is 21.2. The zero-order valence-electron chi connectivity index (χ0n) is 40.1. The van der Waals surface area contributed by atoms with Crippen LogP contribution in [0.4, 0.5) is 5.69 Å². The fourth-order valence-electron chi connectivity index (χ4n) is 9.72. The summed E-state index contributed by atoms with van der Waals surface area (Å²) in [7, 11) is 3.47. The average molecular weight is 916 g/mol. The molecular formula is C50H69N5O11. The molecule has 360 valence electrons. The number of carbonyl (C=O) groups excluding carboxylic acids is 5. The summed E-state index contributed by atoms with van der Waals surface area (Å²) in [5, 5.41) is 35.9. The minimum atomic E-state index is -2.01. The molecule has 1 saturated heterocycles. The number of likely N-dealkylation sites (N-methyl/N-ethyl adjacent to an activating group) is 1. The van der Waals surface area contributed by atoms with Crippen LogP contribution >= 0.6 is 0 Å². The third-order valence-corrected chi connectivity index (χ3v) is 14.1. The molecule has 66 heavy (non-hydrogen) atoms. The highest BCUT2D eigenvalue weighted by Crippen LogP contribution is 2.48. The first-order valence-corrected chi connectivity index (χ1v) is 23.4. The highest BCUT2D eigenvalue weighted by molar-refractivity contribution is 6.38. The molecule has 7 rings (SSSR count). The van der Waals surface area contributed by atoms with E-state index in [2.05, 4.69) is 20.6 Å². The van der Waals surface area contributed by atoms with E-state index in [0.717, 1.165) is 51.6 Å². The van der Waals surface area contributed by atoms with Crippen molar-refractivity contribution in [3.63, 3.8) is 0 Å². The number of amides is 1. The number of aliphatic hydroxyl groups excluding tert-OH is 2. The fraction of sp³-hybridized carbons (Fsp3) is 0.600. The maximum atomic E-state index is 15.3. The zero-order chi connectivity index (χ0) is 48.2. The molecule has 9 atom stereocenters. The Labute approximate surface area is 388 Å². The van der Waals surface area contributed by atoms with Gasteiger partial charge in [0.1, 0.15) is 17.6 Å². The van der Waals surface area contributed by atoms with Crippen LogP contribution in [-0.4, -0.2) is 132 Å². The normalized spacial score (nSPS) is 32.8. The molecule has 0 unspecified atom stereocenters. The van der Waals surface area contributed by atoms with Gasteiger partial charge in [0.05, 0.1) is 58.7 Å². The van der Waals surface area contributed by atoms with Crippen LogP contribution in [0.5, 0.6) is 5.75 Å². The number of carbonyl (C=O) groups is 5. The number of hydrogen-bond acceptors (Lipinski definition) is 15. The molecule has 1 saturated carbocycles. The Morgan fingerprint density at radius 3 is 2.21 bits per heavy atom. The van der Waals surface area contributed by atoms with Crippen LogP contribution in [0.1, 0.15) is 124 Å². The molecular weight excluding hydrogens is 847 g/mol. The van der Waals surface area contributed by atoms with Gasteiger partial charge in [-0.25, -0.2) is 0 Å². The number of hydrogen-bond donors (Lipinski definition) is 4. The van der Waals surface area contributed by atoms with Crippen LogP contribution in [0, 0.1) is 30.6 Å². The van der Waals surface area contributed by atoms with Crippen LogP contribution in [0.25, 0.3) is 0 Å². The van der Waals surface area contributed by atoms with E-state index in [1.54, 1.807) is 64.8 Å². The molecule has 4 aliphatic heterocycles. The molecule has 1 aromatic carbocycles. The molecule has 4 heterocycles. The summed E-state index contributed by atoms with van der Waals surface area (Å²) in [5.41, 5.74) is 0.170. The number of benzene rings is 1. The quantitative estimate of drug-likeness (QED) is 0.155. The zero-order valence-corrected chi connectivity index (χ0v) is 40.1. The van der Waals surface area contributed by atoms with E-state index < -0.39 is 83.1 Å². The molecule has 0 radical (unpaired) electrons. The number of methoxy groups -OCH3 is 1. The van der Waals surface area contributed by atoms with E-state index in [0.29, 0.717) is 24.3 Å². The third-order valence-electron chi connectivity index (χ3n) is 14.1. The number of anilines is 1. The van der Waals surface area contributed by atoms with Gasteiger partial charge in [0.2, 0.25) is 5.78 Å². The number of nitrogens with one attached hydrogen (secondary N) is 2. The van der Waals surface area contributed by atoms with E-state index in [1.807, 2.05) is 7.05 Å². The van der Waals surface area contributed by atoms with Crippen LogP contribution < -0.4 is 15.4 Å². The minimum absolute atomic E-state index is 0.0432. The van der Waals surface area contributed by atoms with Crippen molar-refractivity contribution < 1.29 is 53.1 Å². The van der Waals surface area contributed by atoms with Gasteiger partial charge in [0.15, 0.2) is 5.78 Å². The molecule has 16 heteroatoms. The van der Waals surface area contributed by atoms with Crippen LogP contribution in [0.2, 0.25) is 0 Å². The van der Waals surface area contributed by atoms with Crippen molar-refractivity contribution in [3.05, 3.63) is 69.7 Å². The summed E-state index contributed by atoms with van der Waals surface area (Å²) in [4.78, 5) is 74.1. The van der Waals surface area contributed by atoms with Gasteiger partial charge in [-0.3, -0.25) is 29.0 Å². The molecule has 4 N–H and O–H groups in total. The van der Waals surface area contributed by atoms with Gasteiger partial charge < -0.3 is 44.7 Å². The Morgan fingerprint density at radius 2 is 1.58 bits per heavy atom. The fourth-order valence-corrected chi connectivity index (χ4v) is 9.72. The lowest BCUT2D eigenvalue weighted by molar-refractivity contribution is -0.160. The monoisotopic (exact) mass is 915 g/mol. The number of ether oxygens (including phenoxy) is 4. The number of allylic oxidation sites excluding steroid dienone is 4. The predicted molar refractivity (Wildman–Crippen MR) is 249 cm³/mol. The van der Waals surface area contributed by atoms with E-state index >= 15 is 9.59 Å². The molecule has 6 aliphatic rings. The summed E-state index contributed by atoms with van der Waals surface area (Å²) in [6.07, 6.45) is 10.8. The van der Waals surface area contributed by atoms with Gasteiger partial charge in [0.25, 0.3) is 11.7 Å². The molecule has 16 nitrogen and oxygen atoms in total. The molecule has 2 aliphatic carbocycles. The second-order valence-corrected chi connectivity index (χ2v) is 18.9. The third kappa shape index (κ3) is 10.5. The minimum Gasteiger partial charge on any atom is -0.462 e. The number of piperazine rings is 1. The number of aliphatic hydroxyl groups is 2. The lowest BCUT2D eigenvalue weighted by Gasteiger charge is -2.38. The Morgan fingerprint density at radius 1 is 0.909 bits per heavy atom. The maximum absolute atomic E-state index is 15.3. The van der Waals surface area contributed by atoms with Gasteiger partial charge in [-0.15, -0.1) is 0 Å². The van der Waals surface area contributed by atoms with Gasteiger partial charge in [0, 0.05) is 88.0 Å². The van der Waals surface area contributed by atoms with Crippen molar-refractivity contribution >= 4 is 41.1 Å². The molecule has 2 fully saturated rings. The largest absolute Gasteiger partial charge is 0.462 e. The molecule has 5 bridgehead atoms. The summed E-state index contributed by atoms with van der Waals surface area (Å²) in [6, 6.07) is -0.0503. The molecule has 1 aromatic rings. The van der Waals surface area contributed by atoms with Gasteiger partial charge in [-0.1, -0.05) is 71.6 Å². The van der Waals surface area contributed by atoms with Crippen molar-refractivity contribution in [2.75, 3.05) is 45.7 Å². The number of fused-ring (bicyclic) bond motifs is 14. The van der Waals surface area contributed by atoms with E-state index in [-0.39, 0.29) is 45.3 Å². The van der Waals surface area contributed by atoms with Crippen molar-refractivity contribution in [3.8, 4) is 5.75 Å². The standard InChI is InChI=1S/C50H69N5O11/c1-27-16-15-17-28(2)49(62)53-41-35(26-51-55-23-21-54(9)22-24-55)44(59)37-38(45(41)60)40(52-34-18-13-11-12-14-19-34)30(4)47-39(37)48(61)50(8,66-47)64-25-20-36(63-10)29(3)46(65-33(7)56)32(6)43(58)31(5)42(27)57/h15-17,20,25-27,29,31-32,34,36,42-43,46,52,57-58H,11-14,18-19,21-24H2,1-10H3,(H,53,62)/b16-15+,25-20+,28-17-,51-26+/t27-,29+,31+,32+,36-,42-,43+,46+,50-/m0/s1. The summed E-state index contributed by atoms with van der Waals surface area (Å²) < 4.78 is 24.3. The lowest BCUT2D eigenvalue weighted by Crippen LogP contribution is -2.46. The first-order valence-electron chi connectivity index (χ1n) is 23.4. The van der Waals surface area contributed by atoms with Crippen molar-refractivity contribution in [2.45, 2.75) is 130 Å². The van der Waals surface area contributed by atoms with Gasteiger partial charge in [-0.2, -0.15) is 5.10 Å². The van der Waals surface area contributed by atoms with Crippen molar-refractivity contribution in [1.82, 2.24) is 15.2 Å². The molecule has 1 amide bonds. The summed E-state index contributed by atoms with van der Waals surface area (Å²) in [5.74, 6) is -7.68. The average Bonchev–Trinajstić information content (AvgIpc) is 3.40. The van der Waals surface area contributed by atoms with E-state index in [9.17, 15) is 24.6 Å². The van der Waals surface area contributed by atoms with Gasteiger partial charge >= 0.3 is 11.8 Å². The van der Waals surface area contributed by atoms with Gasteiger partial charge in [-0.05, 0) is 39.8 Å². The SMILES string of the molecule is CO[C@H]1/C=C/O[C@@]2(C)Oc3c(C)c(NC4CCCCCC4)c4c(c3C2=O)C(=O)C(/C=N/N2CCN(C)CC2)=C(NC(=O)/C(C)=C\C=C\[C@H](C)[C@H](O)[C@@H](C)[C@@H](O)[C@@H](C)[C@H](OC(C)=O)[C@@H]1C)C4=O. The Hall–Kier alpha value is -5.16. The smallest absolute Gasteiger partial charge is 0.312 e. The van der Waals surface area contributed by atoms with E-state index in [1.165, 1.54) is 39.5 Å². The van der Waals surface area contributed by atoms with Crippen molar-refractivity contribution in [1.29, 1.82) is 0 Å². The van der Waals surface area contributed by atoms with Crippen LogP contribution in [0.3, 0.4) is 0 Å². The number of ketones is 3. The Balaban J connectivity index is 1.53. The number of nitrogens with zero attached hydrogens (tertiary/aromatic N) is 3. The van der Waals surface area contributed by atoms with E-state index in [4.69, 9.17) is 18.9 Å². The first-order chi connectivity index (χ1) is 31.3. The molecule has 0 spiro atoms.